The molecule has 16 heavy (non-hydrogen) atoms. The summed E-state index contributed by atoms with van der Waals surface area (Å²) < 4.78 is 0. The Labute approximate surface area is 93.7 Å². The Morgan fingerprint density at radius 2 is 2.06 bits per heavy atom. The van der Waals surface area contributed by atoms with Crippen LogP contribution in [0.2, 0.25) is 0 Å². The maximum absolute atomic E-state index is 11.1. The summed E-state index contributed by atoms with van der Waals surface area (Å²) in [6.45, 7) is 1.95. The van der Waals surface area contributed by atoms with E-state index in [4.69, 9.17) is 0 Å². The summed E-state index contributed by atoms with van der Waals surface area (Å²) >= 11 is 0. The topological polar surface area (TPSA) is 54.0 Å². The van der Waals surface area contributed by atoms with E-state index < -0.39 is 0 Å². The molecule has 0 aliphatic heterocycles. The second kappa shape index (κ2) is 4.18. The first kappa shape index (κ1) is 10.4. The Morgan fingerprint density at radius 3 is 2.81 bits per heavy atom. The van der Waals surface area contributed by atoms with Crippen LogP contribution in [0, 0.1) is 6.92 Å². The summed E-state index contributed by atoms with van der Waals surface area (Å²) in [5.41, 5.74) is 2.68. The third-order valence-electron chi connectivity index (χ3n) is 2.31. The van der Waals surface area contributed by atoms with E-state index in [0.29, 0.717) is 0 Å². The quantitative estimate of drug-likeness (QED) is 0.766. The molecule has 82 valence electrons. The fraction of sp³-hybridized carbons (Fsp3) is 0.167. The van der Waals surface area contributed by atoms with Gasteiger partial charge < -0.3 is 10.6 Å². The number of amides is 2. The van der Waals surface area contributed by atoms with E-state index in [1.807, 2.05) is 37.3 Å². The highest BCUT2D eigenvalue weighted by atomic mass is 16.2. The van der Waals surface area contributed by atoms with Crippen molar-refractivity contribution in [1.82, 2.24) is 10.3 Å². The van der Waals surface area contributed by atoms with Gasteiger partial charge in [0.05, 0.1) is 5.52 Å². The SMILES string of the molecule is CNC(=O)Nc1ccc2nc(C)ccc2c1. The van der Waals surface area contributed by atoms with Crippen LogP contribution >= 0.6 is 0 Å². The molecule has 0 aliphatic rings. The highest BCUT2D eigenvalue weighted by Gasteiger charge is 2.00. The molecular weight excluding hydrogens is 202 g/mol. The van der Waals surface area contributed by atoms with Crippen LogP contribution in [0.1, 0.15) is 5.69 Å². The molecule has 2 aromatic rings. The average molecular weight is 215 g/mol. The van der Waals surface area contributed by atoms with E-state index in [1.54, 1.807) is 7.05 Å². The number of hydrogen-bond acceptors (Lipinski definition) is 2. The first-order valence-electron chi connectivity index (χ1n) is 5.05. The molecule has 0 atom stereocenters. The van der Waals surface area contributed by atoms with Crippen molar-refractivity contribution in [2.24, 2.45) is 0 Å². The second-order valence-electron chi connectivity index (χ2n) is 3.56. The van der Waals surface area contributed by atoms with Crippen molar-refractivity contribution in [1.29, 1.82) is 0 Å². The van der Waals surface area contributed by atoms with E-state index in [0.717, 1.165) is 22.3 Å². The summed E-state index contributed by atoms with van der Waals surface area (Å²) in [5.74, 6) is 0. The van der Waals surface area contributed by atoms with Gasteiger partial charge in [0.2, 0.25) is 0 Å². The zero-order chi connectivity index (χ0) is 11.5. The van der Waals surface area contributed by atoms with Crippen LogP contribution in [-0.2, 0) is 0 Å². The zero-order valence-electron chi connectivity index (χ0n) is 9.24. The summed E-state index contributed by atoms with van der Waals surface area (Å²) in [6, 6.07) is 9.35. The van der Waals surface area contributed by atoms with Crippen molar-refractivity contribution in [3.8, 4) is 0 Å². The Bertz CT molecular complexity index is 537. The number of anilines is 1. The minimum Gasteiger partial charge on any atom is -0.341 e. The molecule has 0 bridgehead atoms. The molecule has 1 aromatic heterocycles. The van der Waals surface area contributed by atoms with Gasteiger partial charge in [0, 0.05) is 23.8 Å². The molecular formula is C12H13N3O. The predicted molar refractivity (Wildman–Crippen MR) is 64.6 cm³/mol. The van der Waals surface area contributed by atoms with E-state index in [9.17, 15) is 4.79 Å². The molecule has 0 spiro atoms. The van der Waals surface area contributed by atoms with Crippen LogP contribution < -0.4 is 10.6 Å². The molecule has 2 N–H and O–H groups in total. The molecule has 0 saturated carbocycles. The Morgan fingerprint density at radius 1 is 1.25 bits per heavy atom. The van der Waals surface area contributed by atoms with Crippen molar-refractivity contribution >= 4 is 22.6 Å². The third kappa shape index (κ3) is 2.11. The van der Waals surface area contributed by atoms with Gasteiger partial charge in [-0.15, -0.1) is 0 Å². The standard InChI is InChI=1S/C12H13N3O/c1-8-3-4-9-7-10(15-12(16)13-2)5-6-11(9)14-8/h3-7H,1-2H3,(H2,13,15,16). The Balaban J connectivity index is 2.37. The monoisotopic (exact) mass is 215 g/mol. The Hall–Kier alpha value is -2.10. The molecule has 0 unspecified atom stereocenters. The van der Waals surface area contributed by atoms with Gasteiger partial charge in [0.25, 0.3) is 0 Å². The van der Waals surface area contributed by atoms with E-state index in [1.165, 1.54) is 0 Å². The van der Waals surface area contributed by atoms with Crippen LogP contribution in [-0.4, -0.2) is 18.1 Å². The van der Waals surface area contributed by atoms with Crippen molar-refractivity contribution in [2.75, 3.05) is 12.4 Å². The van der Waals surface area contributed by atoms with Gasteiger partial charge in [-0.1, -0.05) is 6.07 Å². The van der Waals surface area contributed by atoms with Gasteiger partial charge in [-0.05, 0) is 31.2 Å². The van der Waals surface area contributed by atoms with Crippen molar-refractivity contribution in [2.45, 2.75) is 6.92 Å². The van der Waals surface area contributed by atoms with Gasteiger partial charge in [0.15, 0.2) is 0 Å². The molecule has 1 heterocycles. The zero-order valence-corrected chi connectivity index (χ0v) is 9.24. The average Bonchev–Trinajstić information content (AvgIpc) is 2.29. The third-order valence-corrected chi connectivity index (χ3v) is 2.31. The summed E-state index contributed by atoms with van der Waals surface area (Å²) in [4.78, 5) is 15.5. The maximum atomic E-state index is 11.1. The summed E-state index contributed by atoms with van der Waals surface area (Å²) in [6.07, 6.45) is 0. The normalized spacial score (nSPS) is 10.1. The molecule has 0 radical (unpaired) electrons. The maximum Gasteiger partial charge on any atom is 0.318 e. The lowest BCUT2D eigenvalue weighted by atomic mass is 10.2. The number of urea groups is 1. The number of pyridine rings is 1. The van der Waals surface area contributed by atoms with Gasteiger partial charge >= 0.3 is 6.03 Å². The molecule has 2 rings (SSSR count). The van der Waals surface area contributed by atoms with Gasteiger partial charge in [-0.25, -0.2) is 4.79 Å². The van der Waals surface area contributed by atoms with E-state index in [2.05, 4.69) is 15.6 Å². The van der Waals surface area contributed by atoms with E-state index >= 15 is 0 Å². The lowest BCUT2D eigenvalue weighted by Crippen LogP contribution is -2.24. The molecule has 4 nitrogen and oxygen atoms in total. The Kier molecular flexibility index (Phi) is 2.72. The van der Waals surface area contributed by atoms with E-state index in [-0.39, 0.29) is 6.03 Å². The number of benzene rings is 1. The number of nitrogens with zero attached hydrogens (tertiary/aromatic N) is 1. The number of aromatic nitrogens is 1. The lowest BCUT2D eigenvalue weighted by Gasteiger charge is -2.05. The van der Waals surface area contributed by atoms with Gasteiger partial charge in [-0.2, -0.15) is 0 Å². The molecule has 0 saturated heterocycles. The van der Waals surface area contributed by atoms with Crippen molar-refractivity contribution < 1.29 is 4.79 Å². The van der Waals surface area contributed by atoms with Gasteiger partial charge in [-0.3, -0.25) is 4.98 Å². The van der Waals surface area contributed by atoms with Crippen LogP contribution in [0.4, 0.5) is 10.5 Å². The highest BCUT2D eigenvalue weighted by molar-refractivity contribution is 5.92. The minimum absolute atomic E-state index is 0.223. The number of nitrogens with one attached hydrogen (secondary N) is 2. The first-order valence-corrected chi connectivity index (χ1v) is 5.05. The largest absolute Gasteiger partial charge is 0.341 e. The molecule has 4 heteroatoms. The van der Waals surface area contributed by atoms with Crippen molar-refractivity contribution in [3.63, 3.8) is 0 Å². The smallest absolute Gasteiger partial charge is 0.318 e. The number of carbonyl (C=O) groups excluding carboxylic acids is 1. The molecule has 1 aromatic carbocycles. The number of fused-ring (bicyclic) bond motifs is 1. The second-order valence-corrected chi connectivity index (χ2v) is 3.56. The summed E-state index contributed by atoms with van der Waals surface area (Å²) in [5, 5.41) is 6.24. The van der Waals surface area contributed by atoms with Crippen molar-refractivity contribution in [3.05, 3.63) is 36.0 Å². The first-order chi connectivity index (χ1) is 7.69. The number of rotatable bonds is 1. The number of hydrogen-bond donors (Lipinski definition) is 2. The fourth-order valence-electron chi connectivity index (χ4n) is 1.50. The predicted octanol–water partition coefficient (Wildman–Crippen LogP) is 2.29. The van der Waals surface area contributed by atoms with Crippen LogP contribution in [0.3, 0.4) is 0 Å². The molecule has 0 fully saturated rings. The van der Waals surface area contributed by atoms with Gasteiger partial charge in [0.1, 0.15) is 0 Å². The lowest BCUT2D eigenvalue weighted by molar-refractivity contribution is 0.254. The van der Waals surface area contributed by atoms with Crippen LogP contribution in [0.25, 0.3) is 10.9 Å². The minimum atomic E-state index is -0.223. The molecule has 2 amide bonds. The summed E-state index contributed by atoms with van der Waals surface area (Å²) in [7, 11) is 1.58. The number of carbonyl (C=O) groups is 1. The highest BCUT2D eigenvalue weighted by Crippen LogP contribution is 2.17. The molecule has 0 aliphatic carbocycles. The number of aryl methyl sites for hydroxylation is 1. The van der Waals surface area contributed by atoms with Crippen LogP contribution in [0.5, 0.6) is 0 Å². The fourth-order valence-corrected chi connectivity index (χ4v) is 1.50. The van der Waals surface area contributed by atoms with Crippen LogP contribution in [0.15, 0.2) is 30.3 Å².